The normalized spacial score (nSPS) is 16.4. The van der Waals surface area contributed by atoms with E-state index in [-0.39, 0.29) is 10.6 Å². The molecule has 0 atom stereocenters. The lowest BCUT2D eigenvalue weighted by Gasteiger charge is -2.29. The van der Waals surface area contributed by atoms with Crippen LogP contribution in [0.2, 0.25) is 0 Å². The number of nitro benzene ring substituents is 1. The van der Waals surface area contributed by atoms with Crippen molar-refractivity contribution in [1.29, 1.82) is 0 Å². The summed E-state index contributed by atoms with van der Waals surface area (Å²) in [7, 11) is -3.74. The Morgan fingerprint density at radius 1 is 1.32 bits per heavy atom. The Morgan fingerprint density at radius 3 is 2.57 bits per heavy atom. The molecule has 8 nitrogen and oxygen atoms in total. The summed E-state index contributed by atoms with van der Waals surface area (Å²) in [4.78, 5) is 11.4. The van der Waals surface area contributed by atoms with E-state index in [1.54, 1.807) is 6.92 Å². The van der Waals surface area contributed by atoms with E-state index >= 15 is 0 Å². The molecule has 0 N–H and O–H groups in total. The topological polar surface area (TPSA) is 107 Å². The molecule has 2 heterocycles. The summed E-state index contributed by atoms with van der Waals surface area (Å²) in [5.41, 5.74) is 1.42. The molecule has 1 saturated heterocycles. The second-order valence-corrected chi connectivity index (χ2v) is 10.0. The van der Waals surface area contributed by atoms with E-state index in [1.807, 2.05) is 6.92 Å². The Kier molecular flexibility index (Phi) is 6.11. The number of piperidine rings is 1. The Morgan fingerprint density at radius 2 is 2.00 bits per heavy atom. The van der Waals surface area contributed by atoms with Crippen LogP contribution in [0.15, 0.2) is 32.5 Å². The monoisotopic (exact) mass is 425 g/mol. The van der Waals surface area contributed by atoms with Crippen LogP contribution >= 0.6 is 11.8 Å². The first-order chi connectivity index (χ1) is 13.2. The van der Waals surface area contributed by atoms with E-state index < -0.39 is 14.9 Å². The van der Waals surface area contributed by atoms with Crippen molar-refractivity contribution in [3.63, 3.8) is 0 Å². The van der Waals surface area contributed by atoms with Gasteiger partial charge in [0.1, 0.15) is 5.76 Å². The van der Waals surface area contributed by atoms with E-state index in [4.69, 9.17) is 4.52 Å². The molecule has 0 aliphatic carbocycles. The van der Waals surface area contributed by atoms with Crippen molar-refractivity contribution >= 4 is 27.5 Å². The van der Waals surface area contributed by atoms with Gasteiger partial charge in [-0.3, -0.25) is 10.1 Å². The van der Waals surface area contributed by atoms with Gasteiger partial charge in [0, 0.05) is 30.5 Å². The van der Waals surface area contributed by atoms with E-state index in [1.165, 1.54) is 34.3 Å². The molecule has 10 heteroatoms. The molecule has 1 aromatic heterocycles. The fourth-order valence-electron chi connectivity index (χ4n) is 3.15. The molecule has 0 saturated carbocycles. The number of nitrogens with zero attached hydrogens (tertiary/aromatic N) is 3. The molecule has 28 heavy (non-hydrogen) atoms. The number of aromatic nitrogens is 1. The van der Waals surface area contributed by atoms with Crippen molar-refractivity contribution in [2.24, 2.45) is 5.92 Å². The maximum Gasteiger partial charge on any atom is 0.284 e. The number of hydrogen-bond donors (Lipinski definition) is 0. The molecule has 0 spiro atoms. The quantitative estimate of drug-likeness (QED) is 0.392. The predicted octanol–water partition coefficient (Wildman–Crippen LogP) is 3.91. The SMILES string of the molecule is Cc1noc(C)c1CSc1ccc(S(=O)(=O)N2CCC(C)CC2)cc1[N+](=O)[O-]. The Balaban J connectivity index is 1.86. The lowest BCUT2D eigenvalue weighted by molar-refractivity contribution is -0.388. The van der Waals surface area contributed by atoms with Gasteiger partial charge in [-0.25, -0.2) is 8.42 Å². The summed E-state index contributed by atoms with van der Waals surface area (Å²) >= 11 is 1.27. The average Bonchev–Trinajstić information content (AvgIpc) is 2.98. The first-order valence-electron chi connectivity index (χ1n) is 9.03. The molecule has 0 radical (unpaired) electrons. The Hall–Kier alpha value is -1.91. The average molecular weight is 426 g/mol. The lowest BCUT2D eigenvalue weighted by Crippen LogP contribution is -2.37. The second kappa shape index (κ2) is 8.22. The maximum atomic E-state index is 12.9. The summed E-state index contributed by atoms with van der Waals surface area (Å²) in [5.74, 6) is 1.62. The zero-order valence-electron chi connectivity index (χ0n) is 16.0. The highest BCUT2D eigenvalue weighted by Gasteiger charge is 2.30. The van der Waals surface area contributed by atoms with Crippen molar-refractivity contribution in [3.05, 3.63) is 45.3 Å². The van der Waals surface area contributed by atoms with E-state index in [2.05, 4.69) is 12.1 Å². The van der Waals surface area contributed by atoms with Crippen LogP contribution < -0.4 is 0 Å². The van der Waals surface area contributed by atoms with Crippen LogP contribution in [0.25, 0.3) is 0 Å². The van der Waals surface area contributed by atoms with Crippen LogP contribution in [0.3, 0.4) is 0 Å². The Labute approximate surface area is 168 Å². The van der Waals surface area contributed by atoms with Crippen LogP contribution in [0.1, 0.15) is 36.8 Å². The molecule has 0 amide bonds. The zero-order valence-corrected chi connectivity index (χ0v) is 17.7. The standard InChI is InChI=1S/C18H23N3O5S2/c1-12-6-8-20(9-7-12)28(24,25)15-4-5-18(17(10-15)21(22)23)27-11-16-13(2)19-26-14(16)3/h4-5,10,12H,6-9,11H2,1-3H3. The van der Waals surface area contributed by atoms with Crippen molar-refractivity contribution in [3.8, 4) is 0 Å². The first kappa shape index (κ1) is 20.8. The molecule has 1 aliphatic rings. The predicted molar refractivity (Wildman–Crippen MR) is 106 cm³/mol. The fourth-order valence-corrected chi connectivity index (χ4v) is 5.80. The summed E-state index contributed by atoms with van der Waals surface area (Å²) in [5, 5.41) is 15.5. The number of aryl methyl sites for hydroxylation is 2. The highest BCUT2D eigenvalue weighted by atomic mass is 32.2. The summed E-state index contributed by atoms with van der Waals surface area (Å²) < 4.78 is 32.3. The largest absolute Gasteiger partial charge is 0.361 e. The van der Waals surface area contributed by atoms with Gasteiger partial charge in [-0.2, -0.15) is 4.31 Å². The molecule has 0 unspecified atom stereocenters. The number of benzene rings is 1. The maximum absolute atomic E-state index is 12.9. The molecule has 2 aromatic rings. The summed E-state index contributed by atoms with van der Waals surface area (Å²) in [6.07, 6.45) is 1.60. The second-order valence-electron chi connectivity index (χ2n) is 7.06. The van der Waals surface area contributed by atoms with Gasteiger partial charge in [0.15, 0.2) is 0 Å². The first-order valence-corrected chi connectivity index (χ1v) is 11.5. The minimum atomic E-state index is -3.74. The minimum absolute atomic E-state index is 0.0320. The molecule has 1 aromatic carbocycles. The highest BCUT2D eigenvalue weighted by molar-refractivity contribution is 7.98. The van der Waals surface area contributed by atoms with Crippen LogP contribution in [0.5, 0.6) is 0 Å². The molecular weight excluding hydrogens is 402 g/mol. The van der Waals surface area contributed by atoms with Gasteiger partial charge in [0.25, 0.3) is 5.69 Å². The zero-order chi connectivity index (χ0) is 20.5. The molecule has 0 bridgehead atoms. The van der Waals surface area contributed by atoms with Gasteiger partial charge in [-0.1, -0.05) is 12.1 Å². The number of thioether (sulfide) groups is 1. The third-order valence-electron chi connectivity index (χ3n) is 5.06. The van der Waals surface area contributed by atoms with Gasteiger partial charge in [0.05, 0.1) is 20.4 Å². The van der Waals surface area contributed by atoms with Gasteiger partial charge in [-0.15, -0.1) is 11.8 Å². The van der Waals surface area contributed by atoms with Crippen molar-refractivity contribution in [2.75, 3.05) is 13.1 Å². The van der Waals surface area contributed by atoms with Gasteiger partial charge >= 0.3 is 0 Å². The van der Waals surface area contributed by atoms with Crippen LogP contribution in [0.4, 0.5) is 5.69 Å². The molecule has 3 rings (SSSR count). The summed E-state index contributed by atoms with van der Waals surface area (Å²) in [6, 6.07) is 4.14. The fraction of sp³-hybridized carbons (Fsp3) is 0.500. The number of sulfonamides is 1. The van der Waals surface area contributed by atoms with Crippen LogP contribution in [-0.2, 0) is 15.8 Å². The molecule has 152 valence electrons. The Bertz CT molecular complexity index is 960. The third-order valence-corrected chi connectivity index (χ3v) is 8.04. The van der Waals surface area contributed by atoms with Gasteiger partial charge in [0.2, 0.25) is 10.0 Å². The van der Waals surface area contributed by atoms with Crippen molar-refractivity contribution in [1.82, 2.24) is 9.46 Å². The van der Waals surface area contributed by atoms with Crippen molar-refractivity contribution in [2.45, 2.75) is 49.2 Å². The van der Waals surface area contributed by atoms with Gasteiger partial charge < -0.3 is 4.52 Å². The minimum Gasteiger partial charge on any atom is -0.361 e. The molecular formula is C18H23N3O5S2. The number of hydrogen-bond acceptors (Lipinski definition) is 7. The van der Waals surface area contributed by atoms with Crippen LogP contribution in [0, 0.1) is 29.9 Å². The lowest BCUT2D eigenvalue weighted by atomic mass is 10.0. The van der Waals surface area contributed by atoms with E-state index in [0.717, 1.165) is 24.1 Å². The summed E-state index contributed by atoms with van der Waals surface area (Å²) in [6.45, 7) is 6.59. The van der Waals surface area contributed by atoms with Gasteiger partial charge in [-0.05, 0) is 44.7 Å². The van der Waals surface area contributed by atoms with Crippen molar-refractivity contribution < 1.29 is 17.9 Å². The van der Waals surface area contributed by atoms with Crippen LogP contribution in [-0.4, -0.2) is 35.9 Å². The van der Waals surface area contributed by atoms with E-state index in [0.29, 0.717) is 35.4 Å². The number of nitro groups is 1. The smallest absolute Gasteiger partial charge is 0.284 e. The highest BCUT2D eigenvalue weighted by Crippen LogP contribution is 2.35. The number of rotatable bonds is 6. The van der Waals surface area contributed by atoms with E-state index in [9.17, 15) is 18.5 Å². The molecule has 1 fully saturated rings. The molecule has 1 aliphatic heterocycles. The third kappa shape index (κ3) is 4.23.